The smallest absolute Gasteiger partial charge is 0.350 e. The number of aromatic nitrogens is 2. The van der Waals surface area contributed by atoms with Crippen LogP contribution in [0.2, 0.25) is 0 Å². The van der Waals surface area contributed by atoms with Crippen LogP contribution in [-0.2, 0) is 19.4 Å². The second-order valence-electron chi connectivity index (χ2n) is 10.0. The van der Waals surface area contributed by atoms with Gasteiger partial charge in [0.2, 0.25) is 0 Å². The Hall–Kier alpha value is -3.30. The van der Waals surface area contributed by atoms with Crippen LogP contribution in [0.15, 0.2) is 113 Å². The first kappa shape index (κ1) is 29.2. The summed E-state index contributed by atoms with van der Waals surface area (Å²) in [5.41, 5.74) is 1.15. The van der Waals surface area contributed by atoms with Crippen LogP contribution in [0, 0.1) is 0 Å². The zero-order valence-electron chi connectivity index (χ0n) is 22.8. The van der Waals surface area contributed by atoms with Crippen LogP contribution in [-0.4, -0.2) is 59.0 Å². The van der Waals surface area contributed by atoms with Gasteiger partial charge in [0.25, 0.3) is 5.56 Å². The quantitative estimate of drug-likeness (QED) is 0.222. The molecule has 214 valence electrons. The van der Waals surface area contributed by atoms with Gasteiger partial charge in [-0.2, -0.15) is 0 Å². The molecule has 9 nitrogen and oxygen atoms in total. The summed E-state index contributed by atoms with van der Waals surface area (Å²) in [7, 11) is 3.16. The maximum Gasteiger partial charge on any atom is 0.362 e. The number of hydrogen-bond donors (Lipinski definition) is 1. The third-order valence-corrected chi connectivity index (χ3v) is 9.88. The normalized spacial score (nSPS) is 19.6. The van der Waals surface area contributed by atoms with Crippen LogP contribution < -0.4 is 11.2 Å². The first-order valence-corrected chi connectivity index (χ1v) is 15.7. The average Bonchev–Trinajstić information content (AvgIpc) is 2.98. The van der Waals surface area contributed by atoms with Crippen molar-refractivity contribution in [3.8, 4) is 0 Å². The number of nitrogens with zero attached hydrogens (tertiary/aromatic N) is 3. The number of halogens is 1. The highest BCUT2D eigenvalue weighted by atomic mass is 35.7. The Labute approximate surface area is 243 Å². The Morgan fingerprint density at radius 1 is 0.902 bits per heavy atom. The first-order valence-electron chi connectivity index (χ1n) is 13.2. The lowest BCUT2D eigenvalue weighted by molar-refractivity contribution is -0.148. The molecule has 4 aromatic rings. The molecule has 1 saturated heterocycles. The van der Waals surface area contributed by atoms with E-state index >= 15 is 0 Å². The Morgan fingerprint density at radius 3 is 1.88 bits per heavy atom. The van der Waals surface area contributed by atoms with E-state index in [1.165, 1.54) is 21.5 Å². The standard InChI is InChI=1S/C30H32ClN4O5P/c1-33(2)41(31,38)39-22-26-20-34(21-28(40-26)35-19-18-27(36)32-29(35)37)30(23-12-6-3-7-13-23,24-14-8-4-9-15-24)25-16-10-5-11-17-25/h3-19,26,28H,20-22H2,1-2H3,(H,32,36,37)/t26-,28+,41+/m0/s1. The number of nitrogens with one attached hydrogen (secondary N) is 1. The number of hydrogen-bond acceptors (Lipinski definition) is 6. The van der Waals surface area contributed by atoms with Gasteiger partial charge in [0.1, 0.15) is 0 Å². The van der Waals surface area contributed by atoms with Crippen molar-refractivity contribution in [2.45, 2.75) is 17.9 Å². The molecule has 0 amide bonds. The van der Waals surface area contributed by atoms with Crippen LogP contribution in [0.5, 0.6) is 0 Å². The van der Waals surface area contributed by atoms with Crippen LogP contribution in [0.25, 0.3) is 0 Å². The molecule has 11 heteroatoms. The molecule has 0 bridgehead atoms. The highest BCUT2D eigenvalue weighted by Crippen LogP contribution is 2.54. The van der Waals surface area contributed by atoms with Crippen molar-refractivity contribution in [1.82, 2.24) is 19.1 Å². The predicted molar refractivity (Wildman–Crippen MR) is 159 cm³/mol. The van der Waals surface area contributed by atoms with Crippen LogP contribution in [0.1, 0.15) is 22.9 Å². The van der Waals surface area contributed by atoms with Gasteiger partial charge in [-0.1, -0.05) is 91.0 Å². The van der Waals surface area contributed by atoms with E-state index in [2.05, 4.69) is 46.3 Å². The summed E-state index contributed by atoms with van der Waals surface area (Å²) in [6, 6.07) is 31.7. The molecule has 5 rings (SSSR count). The van der Waals surface area contributed by atoms with Crippen molar-refractivity contribution in [2.24, 2.45) is 0 Å². The van der Waals surface area contributed by atoms with E-state index in [1.54, 1.807) is 14.1 Å². The van der Waals surface area contributed by atoms with Gasteiger partial charge in [0.05, 0.1) is 18.2 Å². The van der Waals surface area contributed by atoms with Gasteiger partial charge in [-0.05, 0) is 42.0 Å². The van der Waals surface area contributed by atoms with Crippen LogP contribution in [0.4, 0.5) is 0 Å². The molecule has 3 atom stereocenters. The SMILES string of the molecule is CN(C)[P@@](=O)(Cl)OC[C@@H]1CN(C(c2ccccc2)(c2ccccc2)c2ccccc2)C[C@H](n2ccc(=O)[nH]c2=O)O1. The number of ether oxygens (including phenoxy) is 1. The number of H-pyrrole nitrogens is 1. The lowest BCUT2D eigenvalue weighted by Crippen LogP contribution is -2.58. The monoisotopic (exact) mass is 594 g/mol. The number of rotatable bonds is 9. The highest BCUT2D eigenvalue weighted by molar-refractivity contribution is 7.83. The minimum Gasteiger partial charge on any atom is -0.350 e. The topological polar surface area (TPSA) is 96.9 Å². The van der Waals surface area contributed by atoms with E-state index < -0.39 is 36.0 Å². The average molecular weight is 595 g/mol. The van der Waals surface area contributed by atoms with Gasteiger partial charge in [-0.25, -0.2) is 9.46 Å². The fourth-order valence-corrected chi connectivity index (χ4v) is 6.12. The summed E-state index contributed by atoms with van der Waals surface area (Å²) in [5, 5.41) is 0. The van der Waals surface area contributed by atoms with Crippen molar-refractivity contribution < 1.29 is 13.8 Å². The maximum absolute atomic E-state index is 12.9. The summed E-state index contributed by atoms with van der Waals surface area (Å²) in [6.45, 7) is -3.02. The molecule has 3 aromatic carbocycles. The fourth-order valence-electron chi connectivity index (χ4n) is 5.37. The van der Waals surface area contributed by atoms with E-state index in [0.717, 1.165) is 16.7 Å². The lowest BCUT2D eigenvalue weighted by Gasteiger charge is -2.50. The van der Waals surface area contributed by atoms with Gasteiger partial charge in [0, 0.05) is 25.4 Å². The van der Waals surface area contributed by atoms with E-state index in [4.69, 9.17) is 20.5 Å². The molecular formula is C30H32ClN4O5P. The Kier molecular flexibility index (Phi) is 8.75. The molecule has 1 N–H and O–H groups in total. The molecule has 0 unspecified atom stereocenters. The molecule has 1 aliphatic rings. The van der Waals surface area contributed by atoms with Gasteiger partial charge < -0.3 is 9.26 Å². The van der Waals surface area contributed by atoms with E-state index in [-0.39, 0.29) is 13.2 Å². The van der Waals surface area contributed by atoms with E-state index in [9.17, 15) is 14.2 Å². The van der Waals surface area contributed by atoms with Crippen molar-refractivity contribution in [1.29, 1.82) is 0 Å². The third kappa shape index (κ3) is 6.02. The summed E-state index contributed by atoms with van der Waals surface area (Å²) >= 11 is 6.20. The van der Waals surface area contributed by atoms with Gasteiger partial charge >= 0.3 is 12.6 Å². The summed E-state index contributed by atoms with van der Waals surface area (Å²) < 4.78 is 27.6. The Balaban J connectivity index is 1.69. The van der Waals surface area contributed by atoms with Crippen LogP contribution >= 0.6 is 18.1 Å². The highest BCUT2D eigenvalue weighted by Gasteiger charge is 2.46. The zero-order valence-corrected chi connectivity index (χ0v) is 24.4. The predicted octanol–water partition coefficient (Wildman–Crippen LogP) is 4.65. The van der Waals surface area contributed by atoms with E-state index in [1.807, 2.05) is 54.6 Å². The first-order chi connectivity index (χ1) is 19.7. The lowest BCUT2D eigenvalue weighted by atomic mass is 9.75. The van der Waals surface area contributed by atoms with Crippen LogP contribution in [0.3, 0.4) is 0 Å². The number of morpholine rings is 1. The molecule has 0 radical (unpaired) electrons. The number of aromatic amines is 1. The Morgan fingerprint density at radius 2 is 1.41 bits per heavy atom. The number of benzene rings is 3. The van der Waals surface area contributed by atoms with Gasteiger partial charge in [-0.3, -0.25) is 23.8 Å². The van der Waals surface area contributed by atoms with Crippen molar-refractivity contribution in [2.75, 3.05) is 33.8 Å². The maximum atomic E-state index is 12.9. The molecular weight excluding hydrogens is 563 g/mol. The summed E-state index contributed by atoms with van der Waals surface area (Å²) in [6.07, 6.45) is -0.00392. The zero-order chi connectivity index (χ0) is 29.0. The second-order valence-corrected chi connectivity index (χ2v) is 13.3. The van der Waals surface area contributed by atoms with Crippen molar-refractivity contribution in [3.63, 3.8) is 0 Å². The molecule has 1 aliphatic heterocycles. The van der Waals surface area contributed by atoms with Crippen molar-refractivity contribution in [3.05, 3.63) is 141 Å². The molecule has 0 saturated carbocycles. The largest absolute Gasteiger partial charge is 0.362 e. The summed E-state index contributed by atoms with van der Waals surface area (Å²) in [4.78, 5) is 29.4. The molecule has 2 heterocycles. The molecule has 1 fully saturated rings. The molecule has 1 aromatic heterocycles. The van der Waals surface area contributed by atoms with Crippen molar-refractivity contribution >= 4 is 18.1 Å². The van der Waals surface area contributed by atoms with Gasteiger partial charge in [0.15, 0.2) is 6.23 Å². The third-order valence-electron chi connectivity index (χ3n) is 7.26. The minimum absolute atomic E-state index is 0.0848. The molecule has 0 aliphatic carbocycles. The van der Waals surface area contributed by atoms with E-state index in [0.29, 0.717) is 6.54 Å². The Bertz CT molecular complexity index is 1520. The molecule has 41 heavy (non-hydrogen) atoms. The minimum atomic E-state index is -3.58. The van der Waals surface area contributed by atoms with Gasteiger partial charge in [-0.15, -0.1) is 0 Å². The summed E-state index contributed by atoms with van der Waals surface area (Å²) in [5.74, 6) is 0. The fraction of sp³-hybridized carbons (Fsp3) is 0.267. The second kappa shape index (κ2) is 12.3. The molecule has 0 spiro atoms.